The van der Waals surface area contributed by atoms with Crippen LogP contribution in [0.3, 0.4) is 0 Å². The fourth-order valence-electron chi connectivity index (χ4n) is 2.84. The van der Waals surface area contributed by atoms with Crippen molar-refractivity contribution >= 4 is 23.0 Å². The lowest BCUT2D eigenvalue weighted by atomic mass is 10.0. The molecule has 0 atom stereocenters. The predicted octanol–water partition coefficient (Wildman–Crippen LogP) is 2.06. The standard InChI is InChI=1S/C15H13ClN4O2/c16-14-8-6-11(9-17-14)18-15(21)13-7-5-10-3-1-2-4-12(10)19(13)20(18)22/h1-4,6,8-9,21-22H,5,7H2/p-1. The molecule has 6 nitrogen and oxygen atoms in total. The van der Waals surface area contributed by atoms with Crippen molar-refractivity contribution in [1.82, 2.24) is 10.3 Å². The van der Waals surface area contributed by atoms with E-state index in [4.69, 9.17) is 11.6 Å². The molecule has 7 heteroatoms. The SMILES string of the molecule is [O-]C1=C2CCc3ccccc3N2N(O)N1c1ccc(Cl)nc1. The lowest BCUT2D eigenvalue weighted by molar-refractivity contribution is -0.314. The van der Waals surface area contributed by atoms with Gasteiger partial charge in [0.05, 0.1) is 23.3 Å². The average Bonchev–Trinajstić information content (AvgIpc) is 2.80. The molecule has 112 valence electrons. The smallest absolute Gasteiger partial charge is 0.129 e. The Hall–Kier alpha value is -2.28. The number of fused-ring (bicyclic) bond motifs is 3. The van der Waals surface area contributed by atoms with Crippen LogP contribution in [0.4, 0.5) is 11.4 Å². The number of hydrogen-bond acceptors (Lipinski definition) is 6. The van der Waals surface area contributed by atoms with Gasteiger partial charge in [-0.3, -0.25) is 5.21 Å². The molecule has 0 saturated heterocycles. The van der Waals surface area contributed by atoms with E-state index in [2.05, 4.69) is 4.98 Å². The Morgan fingerprint density at radius 3 is 2.68 bits per heavy atom. The lowest BCUT2D eigenvalue weighted by Crippen LogP contribution is -2.46. The monoisotopic (exact) mass is 315 g/mol. The van der Waals surface area contributed by atoms with Gasteiger partial charge in [0.2, 0.25) is 0 Å². The lowest BCUT2D eigenvalue weighted by Gasteiger charge is -2.35. The van der Waals surface area contributed by atoms with Gasteiger partial charge in [-0.25, -0.2) is 15.0 Å². The average molecular weight is 316 g/mol. The summed E-state index contributed by atoms with van der Waals surface area (Å²) in [5.41, 5.74) is 2.89. The molecule has 3 heterocycles. The summed E-state index contributed by atoms with van der Waals surface area (Å²) in [6.45, 7) is 0. The number of hydrogen-bond donors (Lipinski definition) is 1. The zero-order valence-electron chi connectivity index (χ0n) is 11.5. The maximum absolute atomic E-state index is 12.6. The number of hydrazine groups is 2. The minimum Gasteiger partial charge on any atom is -0.858 e. The van der Waals surface area contributed by atoms with Gasteiger partial charge in [0, 0.05) is 11.2 Å². The van der Waals surface area contributed by atoms with Gasteiger partial charge < -0.3 is 5.11 Å². The Labute approximate surface area is 132 Å². The molecule has 0 fully saturated rings. The highest BCUT2D eigenvalue weighted by molar-refractivity contribution is 6.29. The molecule has 2 aliphatic rings. The largest absolute Gasteiger partial charge is 0.858 e. The summed E-state index contributed by atoms with van der Waals surface area (Å²) < 4.78 is 0. The maximum Gasteiger partial charge on any atom is 0.129 e. The first-order valence-electron chi connectivity index (χ1n) is 6.85. The van der Waals surface area contributed by atoms with Crippen LogP contribution in [0.25, 0.3) is 0 Å². The second-order valence-corrected chi connectivity index (χ2v) is 5.50. The number of aryl methyl sites for hydroxylation is 1. The summed E-state index contributed by atoms with van der Waals surface area (Å²) in [6.07, 6.45) is 2.80. The van der Waals surface area contributed by atoms with Crippen molar-refractivity contribution in [1.29, 1.82) is 0 Å². The highest BCUT2D eigenvalue weighted by Gasteiger charge is 2.36. The van der Waals surface area contributed by atoms with Crippen LogP contribution in [0.1, 0.15) is 12.0 Å². The number of halogens is 1. The van der Waals surface area contributed by atoms with Gasteiger partial charge in [-0.1, -0.05) is 29.8 Å². The molecule has 0 amide bonds. The van der Waals surface area contributed by atoms with Crippen molar-refractivity contribution in [2.45, 2.75) is 12.8 Å². The van der Waals surface area contributed by atoms with E-state index < -0.39 is 0 Å². The Kier molecular flexibility index (Phi) is 2.97. The van der Waals surface area contributed by atoms with E-state index >= 15 is 0 Å². The third-order valence-corrected chi connectivity index (χ3v) is 4.08. The number of nitrogens with zero attached hydrogens (tertiary/aromatic N) is 4. The van der Waals surface area contributed by atoms with E-state index in [0.717, 1.165) is 23.0 Å². The maximum atomic E-state index is 12.6. The number of rotatable bonds is 1. The van der Waals surface area contributed by atoms with E-state index in [-0.39, 0.29) is 5.88 Å². The second kappa shape index (κ2) is 4.88. The molecule has 4 rings (SSSR count). The highest BCUT2D eigenvalue weighted by atomic mass is 35.5. The first-order chi connectivity index (χ1) is 10.7. The van der Waals surface area contributed by atoms with Crippen molar-refractivity contribution in [2.24, 2.45) is 0 Å². The fourth-order valence-corrected chi connectivity index (χ4v) is 2.95. The molecule has 1 aromatic heterocycles. The molecule has 0 unspecified atom stereocenters. The minimum atomic E-state index is -0.263. The van der Waals surface area contributed by atoms with E-state index in [1.165, 1.54) is 16.2 Å². The van der Waals surface area contributed by atoms with Crippen LogP contribution in [0.5, 0.6) is 0 Å². The molecule has 0 radical (unpaired) electrons. The predicted molar refractivity (Wildman–Crippen MR) is 79.6 cm³/mol. The molecular formula is C15H12ClN4O2-. The van der Waals surface area contributed by atoms with Crippen molar-refractivity contribution in [3.63, 3.8) is 0 Å². The van der Waals surface area contributed by atoms with E-state index in [1.54, 1.807) is 12.1 Å². The summed E-state index contributed by atoms with van der Waals surface area (Å²) >= 11 is 5.77. The Morgan fingerprint density at radius 1 is 1.09 bits per heavy atom. The molecule has 1 N–H and O–H groups in total. The molecule has 22 heavy (non-hydrogen) atoms. The zero-order chi connectivity index (χ0) is 15.3. The number of benzene rings is 1. The number of para-hydroxylation sites is 1. The first kappa shape index (κ1) is 13.4. The van der Waals surface area contributed by atoms with Gasteiger partial charge in [-0.2, -0.15) is 0 Å². The van der Waals surface area contributed by atoms with Crippen LogP contribution in [0, 0.1) is 0 Å². The zero-order valence-corrected chi connectivity index (χ0v) is 12.2. The van der Waals surface area contributed by atoms with Crippen LogP contribution in [0.15, 0.2) is 54.2 Å². The summed E-state index contributed by atoms with van der Waals surface area (Å²) in [7, 11) is 0. The van der Waals surface area contributed by atoms with Crippen molar-refractivity contribution in [2.75, 3.05) is 10.0 Å². The summed E-state index contributed by atoms with van der Waals surface area (Å²) in [5.74, 6) is -0.263. The third-order valence-electron chi connectivity index (χ3n) is 3.86. The topological polar surface area (TPSA) is 65.9 Å². The van der Waals surface area contributed by atoms with Crippen LogP contribution in [-0.4, -0.2) is 15.5 Å². The fraction of sp³-hybridized carbons (Fsp3) is 0.133. The first-order valence-corrected chi connectivity index (χ1v) is 7.23. The molecule has 0 saturated carbocycles. The van der Waals surface area contributed by atoms with Gasteiger partial charge >= 0.3 is 0 Å². The van der Waals surface area contributed by atoms with Crippen molar-refractivity contribution < 1.29 is 10.3 Å². The summed E-state index contributed by atoms with van der Waals surface area (Å²) in [4.78, 5) is 3.96. The molecule has 2 aliphatic heterocycles. The minimum absolute atomic E-state index is 0.263. The van der Waals surface area contributed by atoms with Gasteiger partial charge in [0.15, 0.2) is 0 Å². The number of pyridine rings is 1. The Balaban J connectivity index is 1.80. The van der Waals surface area contributed by atoms with Crippen molar-refractivity contribution in [3.8, 4) is 0 Å². The molecule has 2 aromatic rings. The van der Waals surface area contributed by atoms with Gasteiger partial charge in [0.1, 0.15) is 5.15 Å². The number of aromatic nitrogens is 1. The van der Waals surface area contributed by atoms with Crippen LogP contribution < -0.4 is 15.1 Å². The number of anilines is 2. The van der Waals surface area contributed by atoms with E-state index in [0.29, 0.717) is 23.0 Å². The van der Waals surface area contributed by atoms with Gasteiger partial charge in [-0.05, 0) is 36.6 Å². The van der Waals surface area contributed by atoms with Crippen LogP contribution >= 0.6 is 11.6 Å². The molecule has 1 aromatic carbocycles. The quantitative estimate of drug-likeness (QED) is 0.813. The molecule has 0 bridgehead atoms. The normalized spacial score (nSPS) is 17.7. The highest BCUT2D eigenvalue weighted by Crippen LogP contribution is 2.40. The molecule has 0 aliphatic carbocycles. The third kappa shape index (κ3) is 1.85. The van der Waals surface area contributed by atoms with Crippen molar-refractivity contribution in [3.05, 3.63) is 64.9 Å². The second-order valence-electron chi connectivity index (χ2n) is 5.11. The van der Waals surface area contributed by atoms with E-state index in [9.17, 15) is 10.3 Å². The Morgan fingerprint density at radius 2 is 1.91 bits per heavy atom. The molecule has 0 spiro atoms. The Bertz CT molecular complexity index is 762. The van der Waals surface area contributed by atoms with Crippen LogP contribution in [-0.2, 0) is 6.42 Å². The molecular weight excluding hydrogens is 304 g/mol. The van der Waals surface area contributed by atoms with Gasteiger partial charge in [0.25, 0.3) is 0 Å². The number of allylic oxidation sites excluding steroid dienone is 1. The van der Waals surface area contributed by atoms with E-state index in [1.807, 2.05) is 24.3 Å². The van der Waals surface area contributed by atoms with Crippen LogP contribution in [0.2, 0.25) is 5.15 Å². The van der Waals surface area contributed by atoms with Gasteiger partial charge in [-0.15, -0.1) is 0 Å². The summed E-state index contributed by atoms with van der Waals surface area (Å²) in [5, 5.41) is 27.0. The summed E-state index contributed by atoms with van der Waals surface area (Å²) in [6, 6.07) is 10.9.